The van der Waals surface area contributed by atoms with Crippen LogP contribution in [0.25, 0.3) is 0 Å². The second-order valence-corrected chi connectivity index (χ2v) is 5.46. The minimum Gasteiger partial charge on any atom is -0.353 e. The van der Waals surface area contributed by atoms with E-state index in [1.54, 1.807) is 0 Å². The lowest BCUT2D eigenvalue weighted by Crippen LogP contribution is -2.36. The van der Waals surface area contributed by atoms with Crippen LogP contribution in [0, 0.1) is 0 Å². The second kappa shape index (κ2) is 7.29. The lowest BCUT2D eigenvalue weighted by Gasteiger charge is -2.23. The molecular formula is C16H24N2O. The summed E-state index contributed by atoms with van der Waals surface area (Å²) >= 11 is 0. The number of benzene rings is 1. The molecule has 1 saturated carbocycles. The van der Waals surface area contributed by atoms with Crippen LogP contribution in [-0.4, -0.2) is 11.9 Å². The minimum atomic E-state index is -0.0432. The topological polar surface area (TPSA) is 55.1 Å². The zero-order valence-corrected chi connectivity index (χ0v) is 11.5. The van der Waals surface area contributed by atoms with E-state index >= 15 is 0 Å². The molecule has 1 aromatic rings. The molecule has 1 aromatic carbocycles. The zero-order chi connectivity index (χ0) is 13.5. The smallest absolute Gasteiger partial charge is 0.220 e. The van der Waals surface area contributed by atoms with Crippen molar-refractivity contribution >= 4 is 5.91 Å². The van der Waals surface area contributed by atoms with E-state index in [2.05, 4.69) is 5.32 Å². The van der Waals surface area contributed by atoms with Gasteiger partial charge in [0.2, 0.25) is 5.91 Å². The van der Waals surface area contributed by atoms with Crippen LogP contribution >= 0.6 is 0 Å². The van der Waals surface area contributed by atoms with Gasteiger partial charge in [-0.05, 0) is 24.8 Å². The molecule has 1 aliphatic carbocycles. The maximum atomic E-state index is 11.9. The van der Waals surface area contributed by atoms with Gasteiger partial charge in [0, 0.05) is 18.5 Å². The van der Waals surface area contributed by atoms with Crippen LogP contribution in [0.4, 0.5) is 0 Å². The molecule has 3 nitrogen and oxygen atoms in total. The highest BCUT2D eigenvalue weighted by Gasteiger charge is 2.16. The molecule has 0 aromatic heterocycles. The third-order valence-electron chi connectivity index (χ3n) is 3.88. The van der Waals surface area contributed by atoms with Crippen LogP contribution < -0.4 is 11.1 Å². The first-order valence-electron chi connectivity index (χ1n) is 7.35. The quantitative estimate of drug-likeness (QED) is 0.855. The van der Waals surface area contributed by atoms with Crippen molar-refractivity contribution in [2.24, 2.45) is 5.73 Å². The van der Waals surface area contributed by atoms with Crippen LogP contribution in [-0.2, 0) is 4.79 Å². The van der Waals surface area contributed by atoms with Crippen LogP contribution in [0.3, 0.4) is 0 Å². The highest BCUT2D eigenvalue weighted by atomic mass is 16.1. The normalized spacial score (nSPS) is 17.9. The van der Waals surface area contributed by atoms with E-state index in [1.807, 2.05) is 30.3 Å². The number of nitrogens with one attached hydrogen (secondary N) is 1. The van der Waals surface area contributed by atoms with E-state index < -0.39 is 0 Å². The molecule has 0 bridgehead atoms. The fraction of sp³-hybridized carbons (Fsp3) is 0.562. The highest BCUT2D eigenvalue weighted by molar-refractivity contribution is 5.76. The predicted molar refractivity (Wildman–Crippen MR) is 77.6 cm³/mol. The summed E-state index contributed by atoms with van der Waals surface area (Å²) in [5.74, 6) is 0.151. The Hall–Kier alpha value is -1.35. The van der Waals surface area contributed by atoms with Crippen molar-refractivity contribution in [1.82, 2.24) is 5.32 Å². The average molecular weight is 260 g/mol. The molecule has 0 radical (unpaired) electrons. The van der Waals surface area contributed by atoms with Gasteiger partial charge in [-0.1, -0.05) is 49.6 Å². The maximum Gasteiger partial charge on any atom is 0.220 e. The molecule has 0 aliphatic heterocycles. The van der Waals surface area contributed by atoms with E-state index in [4.69, 9.17) is 5.73 Å². The number of carbonyl (C=O) groups is 1. The number of rotatable bonds is 5. The SMILES string of the molecule is NC(CCC(=O)NC1CCCCC1)c1ccccc1. The van der Waals surface area contributed by atoms with Gasteiger partial charge in [0.1, 0.15) is 0 Å². The summed E-state index contributed by atoms with van der Waals surface area (Å²) in [6.07, 6.45) is 7.30. The molecule has 1 fully saturated rings. The molecule has 0 heterocycles. The largest absolute Gasteiger partial charge is 0.353 e. The van der Waals surface area contributed by atoms with Crippen molar-refractivity contribution < 1.29 is 4.79 Å². The van der Waals surface area contributed by atoms with Crippen molar-refractivity contribution in [3.8, 4) is 0 Å². The van der Waals surface area contributed by atoms with Crippen molar-refractivity contribution in [2.75, 3.05) is 0 Å². The van der Waals surface area contributed by atoms with Crippen LogP contribution in [0.2, 0.25) is 0 Å². The Balaban J connectivity index is 1.71. The number of hydrogen-bond donors (Lipinski definition) is 2. The highest BCUT2D eigenvalue weighted by Crippen LogP contribution is 2.18. The van der Waals surface area contributed by atoms with Gasteiger partial charge in [-0.2, -0.15) is 0 Å². The molecule has 3 N–H and O–H groups in total. The Morgan fingerprint density at radius 1 is 1.21 bits per heavy atom. The van der Waals surface area contributed by atoms with Gasteiger partial charge >= 0.3 is 0 Å². The van der Waals surface area contributed by atoms with Crippen molar-refractivity contribution in [2.45, 2.75) is 57.0 Å². The summed E-state index contributed by atoms with van der Waals surface area (Å²) in [7, 11) is 0. The molecule has 1 atom stereocenters. The zero-order valence-electron chi connectivity index (χ0n) is 11.5. The van der Waals surface area contributed by atoms with Gasteiger partial charge in [0.05, 0.1) is 0 Å². The molecule has 3 heteroatoms. The fourth-order valence-electron chi connectivity index (χ4n) is 2.70. The van der Waals surface area contributed by atoms with E-state index in [-0.39, 0.29) is 11.9 Å². The Bertz CT molecular complexity index is 385. The van der Waals surface area contributed by atoms with Crippen molar-refractivity contribution in [3.05, 3.63) is 35.9 Å². The summed E-state index contributed by atoms with van der Waals surface area (Å²) in [6, 6.07) is 10.3. The van der Waals surface area contributed by atoms with Crippen LogP contribution in [0.5, 0.6) is 0 Å². The lowest BCUT2D eigenvalue weighted by molar-refractivity contribution is -0.122. The molecule has 0 spiro atoms. The summed E-state index contributed by atoms with van der Waals surface area (Å²) < 4.78 is 0. The maximum absolute atomic E-state index is 11.9. The molecular weight excluding hydrogens is 236 g/mol. The lowest BCUT2D eigenvalue weighted by atomic mass is 9.95. The third-order valence-corrected chi connectivity index (χ3v) is 3.88. The first-order chi connectivity index (χ1) is 9.25. The summed E-state index contributed by atoms with van der Waals surface area (Å²) in [4.78, 5) is 11.9. The molecule has 2 rings (SSSR count). The van der Waals surface area contributed by atoms with Crippen LogP contribution in [0.15, 0.2) is 30.3 Å². The third kappa shape index (κ3) is 4.67. The number of nitrogens with two attached hydrogens (primary N) is 1. The van der Waals surface area contributed by atoms with E-state index in [1.165, 1.54) is 19.3 Å². The monoisotopic (exact) mass is 260 g/mol. The first-order valence-corrected chi connectivity index (χ1v) is 7.35. The Labute approximate surface area is 115 Å². The van der Waals surface area contributed by atoms with Gasteiger partial charge in [-0.15, -0.1) is 0 Å². The van der Waals surface area contributed by atoms with Gasteiger partial charge < -0.3 is 11.1 Å². The molecule has 19 heavy (non-hydrogen) atoms. The summed E-state index contributed by atoms with van der Waals surface area (Å²) in [6.45, 7) is 0. The number of hydrogen-bond acceptors (Lipinski definition) is 2. The fourth-order valence-corrected chi connectivity index (χ4v) is 2.70. The molecule has 0 saturated heterocycles. The predicted octanol–water partition coefficient (Wildman–Crippen LogP) is 2.92. The Kier molecular flexibility index (Phi) is 5.40. The molecule has 1 unspecified atom stereocenters. The van der Waals surface area contributed by atoms with Crippen molar-refractivity contribution in [1.29, 1.82) is 0 Å². The van der Waals surface area contributed by atoms with Gasteiger partial charge in [0.25, 0.3) is 0 Å². The second-order valence-electron chi connectivity index (χ2n) is 5.46. The van der Waals surface area contributed by atoms with E-state index in [0.29, 0.717) is 18.9 Å². The van der Waals surface area contributed by atoms with Crippen molar-refractivity contribution in [3.63, 3.8) is 0 Å². The summed E-state index contributed by atoms with van der Waals surface area (Å²) in [5, 5.41) is 3.13. The average Bonchev–Trinajstić information content (AvgIpc) is 2.47. The first kappa shape index (κ1) is 14.1. The standard InChI is InChI=1S/C16H24N2O/c17-15(13-7-3-1-4-8-13)11-12-16(19)18-14-9-5-2-6-10-14/h1,3-4,7-8,14-15H,2,5-6,9-12,17H2,(H,18,19). The van der Waals surface area contributed by atoms with Gasteiger partial charge in [-0.25, -0.2) is 0 Å². The van der Waals surface area contributed by atoms with E-state index in [9.17, 15) is 4.79 Å². The Morgan fingerprint density at radius 3 is 2.58 bits per heavy atom. The molecule has 1 amide bonds. The minimum absolute atomic E-state index is 0.0432. The van der Waals surface area contributed by atoms with Gasteiger partial charge in [-0.3, -0.25) is 4.79 Å². The number of amides is 1. The van der Waals surface area contributed by atoms with E-state index in [0.717, 1.165) is 18.4 Å². The summed E-state index contributed by atoms with van der Waals surface area (Å²) in [5.41, 5.74) is 7.20. The number of carbonyl (C=O) groups excluding carboxylic acids is 1. The Morgan fingerprint density at radius 2 is 1.89 bits per heavy atom. The molecule has 104 valence electrons. The van der Waals surface area contributed by atoms with Crippen LogP contribution in [0.1, 0.15) is 56.6 Å². The molecule has 1 aliphatic rings. The van der Waals surface area contributed by atoms with Gasteiger partial charge in [0.15, 0.2) is 0 Å².